The zero-order valence-corrected chi connectivity index (χ0v) is 60.1. The number of hydrogen-bond acceptors (Lipinski definition) is 28. The number of ether oxygens (including phenoxy) is 8. The molecule has 22 N–H and O–H groups in total. The van der Waals surface area contributed by atoms with Gasteiger partial charge in [-0.25, -0.2) is 4.79 Å². The molecule has 11 bridgehead atoms. The number of halogens is 1. The lowest BCUT2D eigenvalue weighted by atomic mass is 9.86. The van der Waals surface area contributed by atoms with Crippen LogP contribution in [-0.2, 0) is 62.0 Å². The van der Waals surface area contributed by atoms with Gasteiger partial charge in [-0.3, -0.25) is 33.6 Å². The second-order valence-electron chi connectivity index (χ2n) is 28.3. The highest BCUT2D eigenvalue weighted by atomic mass is 35.5. The Morgan fingerprint density at radius 1 is 0.697 bits per heavy atom. The average Bonchev–Trinajstić information content (AvgIpc) is 0.765. The van der Waals surface area contributed by atoms with Crippen molar-refractivity contribution in [3.8, 4) is 57.1 Å². The van der Waals surface area contributed by atoms with Gasteiger partial charge in [0.05, 0.1) is 48.5 Å². The highest BCUT2D eigenvalue weighted by Crippen LogP contribution is 2.50. The van der Waals surface area contributed by atoms with Crippen LogP contribution in [0, 0.1) is 5.92 Å². The number of phenolic OH excluding ortho intramolecular Hbond substituents is 3. The Kier molecular flexibility index (Phi) is 24.3. The molecule has 588 valence electrons. The Labute approximate surface area is 626 Å². The van der Waals surface area contributed by atoms with E-state index >= 15 is 19.2 Å². The molecule has 36 nitrogen and oxygen atoms in total. The molecule has 0 unspecified atom stereocenters. The number of rotatable bonds is 15. The van der Waals surface area contributed by atoms with Crippen LogP contribution in [0.2, 0.25) is 5.02 Å². The van der Waals surface area contributed by atoms with E-state index in [1.165, 1.54) is 70.3 Å². The van der Waals surface area contributed by atoms with Crippen LogP contribution in [0.1, 0.15) is 118 Å². The molecule has 109 heavy (non-hydrogen) atoms. The standard InChI is InChI=1S/C72H86ClN9O27/c1-26(2)15-38(76-6)64(94)81-54-57(90)29-7-11-34(12-8-29)104-44-18-32-19-45(61(44)109-71-62(59(92)58(91)46(25-83)106-71)107-48-23-42(87)56(89)27(3)102-48)105-43-14-10-31(17-37(43)73)60(108-49-24-72(5,75)63(93)28(4)103-49)55-69(99)80-53(70(100)101)36-20-33(84)21-41(86)50(36)35-16-30(9-13-40(35)85)51(66(96)82-55)79-67(97)52(32)78-65(95)39(22-47(74)88)77-68(54)98/h7-14,16-21,26-28,38-39,42,46,48-49,51-60,62-63,71,76,83-87,89-93H,15,22-25,75H2,1-6H3,(H2,74,88)(H,77,98)(H,78,95)(H,79,97)(H,80,99)(H,81,94)(H,82,96)(H,100,101)/t27-,28-,38+,39-,42+,46+,48+,49+,51-,52-,53+,54-,55-,56-,57+,58-,59+,60+,62+,63-,71-,72+/m1/s1. The molecule has 3 saturated heterocycles. The first-order valence-corrected chi connectivity index (χ1v) is 35.2. The second-order valence-corrected chi connectivity index (χ2v) is 28.7. The second kappa shape index (κ2) is 32.9. The molecule has 37 heteroatoms. The van der Waals surface area contributed by atoms with Crippen LogP contribution in [0.3, 0.4) is 0 Å². The number of primary amides is 1. The Morgan fingerprint density at radius 2 is 1.35 bits per heavy atom. The van der Waals surface area contributed by atoms with E-state index in [1.54, 1.807) is 0 Å². The zero-order valence-electron chi connectivity index (χ0n) is 59.3. The minimum absolute atomic E-state index is 0.0636. The fourth-order valence-corrected chi connectivity index (χ4v) is 14.1. The van der Waals surface area contributed by atoms with Crippen molar-refractivity contribution in [2.45, 2.75) is 194 Å². The maximum Gasteiger partial charge on any atom is 0.330 e. The number of aliphatic hydroxyl groups excluding tert-OH is 7. The minimum Gasteiger partial charge on any atom is -0.508 e. The van der Waals surface area contributed by atoms with Gasteiger partial charge in [-0.1, -0.05) is 49.7 Å². The molecule has 5 aromatic rings. The van der Waals surface area contributed by atoms with Gasteiger partial charge in [-0.05, 0) is 117 Å². The van der Waals surface area contributed by atoms with Gasteiger partial charge < -0.3 is 143 Å². The number of carboxylic acid groups (broad SMARTS) is 1. The molecule has 8 aliphatic rings. The van der Waals surface area contributed by atoms with E-state index in [4.69, 9.17) is 61.0 Å². The lowest BCUT2D eigenvalue weighted by Gasteiger charge is -2.44. The summed E-state index contributed by atoms with van der Waals surface area (Å²) >= 11 is 7.32. The third-order valence-corrected chi connectivity index (χ3v) is 19.9. The number of aliphatic hydroxyl groups is 7. The van der Waals surface area contributed by atoms with E-state index in [2.05, 4.69) is 37.2 Å². The maximum atomic E-state index is 16.3. The van der Waals surface area contributed by atoms with E-state index in [1.807, 2.05) is 13.8 Å². The van der Waals surface area contributed by atoms with Gasteiger partial charge in [-0.2, -0.15) is 0 Å². The van der Waals surface area contributed by atoms with Crippen LogP contribution in [0.5, 0.6) is 46.0 Å². The molecule has 3 fully saturated rings. The highest BCUT2D eigenvalue weighted by molar-refractivity contribution is 6.32. The number of fused-ring (bicyclic) bond motifs is 15. The first kappa shape index (κ1) is 80.4. The summed E-state index contributed by atoms with van der Waals surface area (Å²) in [6.45, 7) is 7.01. The van der Waals surface area contributed by atoms with Gasteiger partial charge in [0.25, 0.3) is 0 Å². The number of nitrogens with two attached hydrogens (primary N) is 2. The van der Waals surface area contributed by atoms with Crippen molar-refractivity contribution in [1.29, 1.82) is 0 Å². The van der Waals surface area contributed by atoms with Crippen LogP contribution in [0.4, 0.5) is 0 Å². The number of aliphatic carboxylic acids is 1. The zero-order chi connectivity index (χ0) is 79.1. The number of aromatic hydroxyl groups is 3. The minimum atomic E-state index is -2.35. The summed E-state index contributed by atoms with van der Waals surface area (Å²) < 4.78 is 51.2. The van der Waals surface area contributed by atoms with Gasteiger partial charge in [-0.15, -0.1) is 0 Å². The number of amides is 7. The lowest BCUT2D eigenvalue weighted by molar-refractivity contribution is -0.335. The molecular weight excluding hydrogens is 1460 g/mol. The number of carboxylic acids is 1. The van der Waals surface area contributed by atoms with Gasteiger partial charge in [0.15, 0.2) is 36.2 Å². The molecule has 0 radical (unpaired) electrons. The molecule has 0 spiro atoms. The molecule has 8 aliphatic heterocycles. The molecule has 8 heterocycles. The summed E-state index contributed by atoms with van der Waals surface area (Å²) in [6.07, 6.45) is -24.6. The van der Waals surface area contributed by atoms with Gasteiger partial charge in [0.1, 0.15) is 95.6 Å². The predicted octanol–water partition coefficient (Wildman–Crippen LogP) is -0.666. The number of carbonyl (C=O) groups excluding carboxylic acids is 7. The third-order valence-electron chi connectivity index (χ3n) is 19.7. The third kappa shape index (κ3) is 17.4. The highest BCUT2D eigenvalue weighted by Gasteiger charge is 2.51. The predicted molar refractivity (Wildman–Crippen MR) is 374 cm³/mol. The fraction of sp³-hybridized carbons (Fsp3) is 0.472. The van der Waals surface area contributed by atoms with E-state index in [-0.39, 0.29) is 46.9 Å². The van der Waals surface area contributed by atoms with Crippen molar-refractivity contribution in [3.63, 3.8) is 0 Å². The first-order valence-electron chi connectivity index (χ1n) is 34.8. The quantitative estimate of drug-likeness (QED) is 0.0618. The summed E-state index contributed by atoms with van der Waals surface area (Å²) in [5.41, 5.74) is 8.32. The summed E-state index contributed by atoms with van der Waals surface area (Å²) in [5.74, 6) is -15.6. The van der Waals surface area contributed by atoms with E-state index in [0.29, 0.717) is 0 Å². The number of nitrogens with one attached hydrogen (secondary N) is 7. The van der Waals surface area contributed by atoms with Crippen LogP contribution in [0.25, 0.3) is 11.1 Å². The number of benzene rings is 5. The number of hydrogen-bond donors (Lipinski definition) is 20. The monoisotopic (exact) mass is 1540 g/mol. The number of likely N-dealkylation sites (N-methyl/N-ethyl adjacent to an activating group) is 1. The van der Waals surface area contributed by atoms with Crippen molar-refractivity contribution < 1.29 is 132 Å². The molecule has 7 amide bonds. The number of phenols is 3. The molecule has 0 saturated carbocycles. The summed E-state index contributed by atoms with van der Waals surface area (Å²) in [7, 11) is 1.48. The Bertz CT molecular complexity index is 4280. The van der Waals surface area contributed by atoms with E-state index in [0.717, 1.165) is 42.5 Å². The molecule has 13 rings (SSSR count). The largest absolute Gasteiger partial charge is 0.508 e. The fourth-order valence-electron chi connectivity index (χ4n) is 13.9. The maximum absolute atomic E-state index is 16.3. The summed E-state index contributed by atoms with van der Waals surface area (Å²) in [4.78, 5) is 119. The van der Waals surface area contributed by atoms with E-state index in [9.17, 15) is 75.3 Å². The number of carbonyl (C=O) groups is 8. The van der Waals surface area contributed by atoms with Gasteiger partial charge in [0.2, 0.25) is 53.4 Å². The SMILES string of the molecule is CN[C@@H](CC(C)C)C(=O)N[C@H]1C(=O)N[C@H](CC(N)=O)C(=O)N[C@H]2C(=O)N[C@H]3C(=O)N[C@@H](C(=O)N[C@H](C(=O)O)c4cc(O)cc(O)c4-c4cc3ccc4O)[C@@H](O[C@H]3C[C@](C)(N)[C@H](O)[C@@H](C)O3)c3ccc(c(Cl)c3)Oc3cc2cc(c3O[C@H]2O[C@@H](CO)[C@@H](O)[C@H](O)[C@@H]2O[C@H]2C[C@H](O)[C@H](O)[C@@H](C)O2)Oc2ccc(cc2)[C@@H]1O. The van der Waals surface area contributed by atoms with Crippen LogP contribution < -0.4 is 62.9 Å². The lowest BCUT2D eigenvalue weighted by Crippen LogP contribution is -2.62. The Balaban J connectivity index is 1.18. The Morgan fingerprint density at radius 3 is 1.99 bits per heavy atom. The topological polar surface area (TPSA) is 569 Å². The van der Waals surface area contributed by atoms with Crippen molar-refractivity contribution in [2.75, 3.05) is 13.7 Å². The Hall–Kier alpha value is -9.61. The van der Waals surface area contributed by atoms with Crippen LogP contribution >= 0.6 is 11.6 Å². The normalized spacial score (nSPS) is 31.7. The average molecular weight is 1540 g/mol. The molecule has 5 aromatic carbocycles. The van der Waals surface area contributed by atoms with Crippen molar-refractivity contribution >= 4 is 58.9 Å². The van der Waals surface area contributed by atoms with Crippen LogP contribution in [0.15, 0.2) is 84.9 Å². The molecule has 0 aliphatic carbocycles. The van der Waals surface area contributed by atoms with Crippen LogP contribution in [-0.4, -0.2) is 221 Å². The van der Waals surface area contributed by atoms with Crippen molar-refractivity contribution in [1.82, 2.24) is 37.2 Å². The van der Waals surface area contributed by atoms with Gasteiger partial charge >= 0.3 is 5.97 Å². The van der Waals surface area contributed by atoms with Crippen molar-refractivity contribution in [3.05, 3.63) is 118 Å². The molecule has 0 aromatic heterocycles. The van der Waals surface area contributed by atoms with Crippen molar-refractivity contribution in [2.24, 2.45) is 17.4 Å². The molecule has 22 atom stereocenters. The summed E-state index contributed by atoms with van der Waals surface area (Å²) in [6, 6.07) is 1.32. The first-order chi connectivity index (χ1) is 51.5. The summed E-state index contributed by atoms with van der Waals surface area (Å²) in [5, 5.41) is 142. The van der Waals surface area contributed by atoms with E-state index < -0.39 is 262 Å². The smallest absolute Gasteiger partial charge is 0.330 e. The molecular formula is C72H86ClN9O27. The van der Waals surface area contributed by atoms with Gasteiger partial charge in [0, 0.05) is 41.1 Å².